The second-order valence-corrected chi connectivity index (χ2v) is 16.8. The quantitative estimate of drug-likeness (QED) is 0.457. The Morgan fingerprint density at radius 2 is 1.62 bits per heavy atom. The highest BCUT2D eigenvalue weighted by atomic mass is 16.3. The van der Waals surface area contributed by atoms with E-state index in [1.807, 2.05) is 6.08 Å². The Morgan fingerprint density at radius 3 is 2.25 bits per heavy atom. The number of likely N-dealkylation sites (tertiary alicyclic amines) is 1. The molecule has 3 N–H and O–H groups in total. The zero-order valence-corrected chi connectivity index (χ0v) is 25.7. The summed E-state index contributed by atoms with van der Waals surface area (Å²) in [6.45, 7) is 17.5. The Kier molecular flexibility index (Phi) is 5.94. The van der Waals surface area contributed by atoms with Crippen molar-refractivity contribution in [2.75, 3.05) is 19.6 Å². The molecule has 0 amide bonds. The summed E-state index contributed by atoms with van der Waals surface area (Å²) in [5.74, 6) is -0.221. The van der Waals surface area contributed by atoms with Gasteiger partial charge in [0, 0.05) is 36.4 Å². The summed E-state index contributed by atoms with van der Waals surface area (Å²) in [6, 6.07) is 2.27. The van der Waals surface area contributed by atoms with Crippen LogP contribution in [0.2, 0.25) is 0 Å². The minimum absolute atomic E-state index is 0.0411. The molecule has 0 aromatic rings. The summed E-state index contributed by atoms with van der Waals surface area (Å²) in [4.78, 5) is 17.0. The molecule has 1 saturated heterocycles. The van der Waals surface area contributed by atoms with Crippen molar-refractivity contribution in [2.24, 2.45) is 44.3 Å². The summed E-state index contributed by atoms with van der Waals surface area (Å²) in [5, 5.41) is 44.3. The lowest BCUT2D eigenvalue weighted by molar-refractivity contribution is -0.251. The Labute approximate surface area is 240 Å². The lowest BCUT2D eigenvalue weighted by atomic mass is 9.32. The van der Waals surface area contributed by atoms with E-state index in [4.69, 9.17) is 0 Å². The first kappa shape index (κ1) is 28.6. The smallest absolute Gasteiger partial charge is 0.188 e. The summed E-state index contributed by atoms with van der Waals surface area (Å²) in [6.07, 6.45) is 9.03. The first-order valence-electron chi connectivity index (χ1n) is 15.6. The number of allylic oxidation sites excluding steroid dienone is 2. The van der Waals surface area contributed by atoms with Gasteiger partial charge >= 0.3 is 0 Å². The third kappa shape index (κ3) is 3.33. The van der Waals surface area contributed by atoms with Gasteiger partial charge in [-0.25, -0.2) is 0 Å². The molecule has 6 aliphatic rings. The fraction of sp³-hybridized carbons (Fsp3) is 0.824. The third-order valence-electron chi connectivity index (χ3n) is 13.9. The van der Waals surface area contributed by atoms with E-state index >= 15 is 0 Å². The molecule has 0 radical (unpaired) electrons. The molecule has 6 heteroatoms. The Hall–Kier alpha value is -1.52. The molecule has 40 heavy (non-hydrogen) atoms. The number of β-amino-alcohol motifs (C(OH)–C–C–N with tert-alkyl or cyclic N) is 1. The van der Waals surface area contributed by atoms with E-state index in [0.29, 0.717) is 18.7 Å². The van der Waals surface area contributed by atoms with E-state index in [2.05, 4.69) is 59.4 Å². The van der Waals surface area contributed by atoms with Crippen LogP contribution in [0.4, 0.5) is 0 Å². The number of rotatable bonds is 2. The topological polar surface area (TPSA) is 105 Å². The monoisotopic (exact) mass is 550 g/mol. The van der Waals surface area contributed by atoms with Crippen molar-refractivity contribution in [2.45, 2.75) is 111 Å². The molecule has 1 aliphatic heterocycles. The molecular formula is C34H50N2O4. The molecule has 0 aromatic heterocycles. The Bertz CT molecular complexity index is 1240. The SMILES string of the molecule is CC1(C)CC[C@]2(CN3CC(O)C3)CC[C@]3(C)C(O)(C(=O)C=C4[C@@]5(C)C=C(C#N)C(O)C(C)(C)[C@@H]5CC[C@]43C)[C@@H]2C1. The average molecular weight is 551 g/mol. The highest BCUT2D eigenvalue weighted by Gasteiger charge is 2.75. The van der Waals surface area contributed by atoms with E-state index in [-0.39, 0.29) is 34.6 Å². The van der Waals surface area contributed by atoms with E-state index in [1.54, 1.807) is 6.08 Å². The molecule has 6 nitrogen and oxygen atoms in total. The van der Waals surface area contributed by atoms with Crippen LogP contribution in [-0.2, 0) is 4.79 Å². The molecule has 5 aliphatic carbocycles. The van der Waals surface area contributed by atoms with Gasteiger partial charge in [-0.3, -0.25) is 9.69 Å². The molecule has 8 atom stereocenters. The van der Waals surface area contributed by atoms with Crippen LogP contribution in [0.1, 0.15) is 93.4 Å². The van der Waals surface area contributed by atoms with Crippen molar-refractivity contribution < 1.29 is 20.1 Å². The summed E-state index contributed by atoms with van der Waals surface area (Å²) >= 11 is 0. The van der Waals surface area contributed by atoms with Gasteiger partial charge in [0.05, 0.1) is 23.9 Å². The van der Waals surface area contributed by atoms with Gasteiger partial charge in [0.1, 0.15) is 5.60 Å². The number of fused-ring (bicyclic) bond motifs is 7. The predicted octanol–water partition coefficient (Wildman–Crippen LogP) is 4.79. The molecule has 0 spiro atoms. The van der Waals surface area contributed by atoms with Gasteiger partial charge in [0.15, 0.2) is 5.78 Å². The molecule has 3 saturated carbocycles. The number of hydrogen-bond acceptors (Lipinski definition) is 6. The minimum atomic E-state index is -1.47. The largest absolute Gasteiger partial charge is 0.390 e. The number of aliphatic hydroxyl groups is 3. The molecule has 0 bridgehead atoms. The maximum atomic E-state index is 14.7. The Morgan fingerprint density at radius 1 is 0.975 bits per heavy atom. The van der Waals surface area contributed by atoms with Crippen LogP contribution in [0.5, 0.6) is 0 Å². The lowest BCUT2D eigenvalue weighted by Crippen LogP contribution is -2.75. The van der Waals surface area contributed by atoms with Gasteiger partial charge in [-0.05, 0) is 84.2 Å². The number of carbonyl (C=O) groups is 1. The van der Waals surface area contributed by atoms with Crippen LogP contribution in [0.15, 0.2) is 23.3 Å². The molecule has 4 fully saturated rings. The normalized spacial score (nSPS) is 49.7. The maximum absolute atomic E-state index is 14.7. The lowest BCUT2D eigenvalue weighted by Gasteiger charge is -2.72. The molecule has 0 aromatic carbocycles. The fourth-order valence-electron chi connectivity index (χ4n) is 11.3. The van der Waals surface area contributed by atoms with Gasteiger partial charge in [-0.1, -0.05) is 54.5 Å². The zero-order valence-electron chi connectivity index (χ0n) is 25.7. The maximum Gasteiger partial charge on any atom is 0.188 e. The average Bonchev–Trinajstić information content (AvgIpc) is 2.85. The standard InChI is InChI=1S/C34H50N2O4/c1-28(2)10-12-33(20-36-18-22(37)19-36)13-11-32(7)31(6)9-8-23-29(3,4)27(39)21(17-35)15-30(23,5)24(31)14-26(38)34(32,40)25(33)16-28/h14-15,22-23,25,27,37,39-40H,8-13,16,18-20H2,1-7H3/t23-,25+,27?,30-,31+,32-,33+,34?/m0/s1. The summed E-state index contributed by atoms with van der Waals surface area (Å²) in [7, 11) is 0. The zero-order chi connectivity index (χ0) is 29.3. The first-order valence-corrected chi connectivity index (χ1v) is 15.6. The van der Waals surface area contributed by atoms with Crippen molar-refractivity contribution in [3.05, 3.63) is 23.3 Å². The van der Waals surface area contributed by atoms with E-state index in [1.165, 1.54) is 0 Å². The summed E-state index contributed by atoms with van der Waals surface area (Å²) in [5.41, 5.74) is -2.26. The van der Waals surface area contributed by atoms with Gasteiger partial charge in [-0.2, -0.15) is 5.26 Å². The van der Waals surface area contributed by atoms with Crippen molar-refractivity contribution in [3.63, 3.8) is 0 Å². The van der Waals surface area contributed by atoms with Crippen LogP contribution >= 0.6 is 0 Å². The first-order chi connectivity index (χ1) is 18.4. The van der Waals surface area contributed by atoms with Crippen molar-refractivity contribution in [1.29, 1.82) is 5.26 Å². The van der Waals surface area contributed by atoms with Crippen LogP contribution in [0.25, 0.3) is 0 Å². The number of carbonyl (C=O) groups excluding carboxylic acids is 1. The fourth-order valence-corrected chi connectivity index (χ4v) is 11.3. The minimum Gasteiger partial charge on any atom is -0.390 e. The van der Waals surface area contributed by atoms with E-state index in [9.17, 15) is 25.4 Å². The second kappa shape index (κ2) is 8.31. The van der Waals surface area contributed by atoms with Gasteiger partial charge in [0.2, 0.25) is 0 Å². The van der Waals surface area contributed by atoms with Crippen molar-refractivity contribution >= 4 is 5.78 Å². The molecule has 1 heterocycles. The van der Waals surface area contributed by atoms with E-state index in [0.717, 1.165) is 57.1 Å². The molecule has 2 unspecified atom stereocenters. The van der Waals surface area contributed by atoms with Gasteiger partial charge < -0.3 is 15.3 Å². The van der Waals surface area contributed by atoms with E-state index < -0.39 is 33.4 Å². The van der Waals surface area contributed by atoms with Gasteiger partial charge in [-0.15, -0.1) is 0 Å². The molecule has 6 rings (SSSR count). The van der Waals surface area contributed by atoms with Gasteiger partial charge in [0.25, 0.3) is 0 Å². The molecule has 220 valence electrons. The number of hydrogen-bond donors (Lipinski definition) is 3. The van der Waals surface area contributed by atoms with Crippen LogP contribution in [0.3, 0.4) is 0 Å². The number of nitriles is 1. The van der Waals surface area contributed by atoms with Crippen molar-refractivity contribution in [3.8, 4) is 6.07 Å². The van der Waals surface area contributed by atoms with Crippen LogP contribution < -0.4 is 0 Å². The van der Waals surface area contributed by atoms with Crippen molar-refractivity contribution in [1.82, 2.24) is 4.90 Å². The van der Waals surface area contributed by atoms with Crippen LogP contribution in [-0.4, -0.2) is 63.4 Å². The Balaban J connectivity index is 1.51. The summed E-state index contributed by atoms with van der Waals surface area (Å²) < 4.78 is 0. The highest BCUT2D eigenvalue weighted by Crippen LogP contribution is 2.75. The van der Waals surface area contributed by atoms with Crippen LogP contribution in [0, 0.1) is 55.7 Å². The number of aliphatic hydroxyl groups excluding tert-OH is 2. The number of ketones is 1. The highest BCUT2D eigenvalue weighted by molar-refractivity contribution is 6.00. The predicted molar refractivity (Wildman–Crippen MR) is 154 cm³/mol. The molecular weight excluding hydrogens is 500 g/mol. The number of nitrogens with zero attached hydrogens (tertiary/aromatic N) is 2. The second-order valence-electron chi connectivity index (χ2n) is 16.8. The third-order valence-corrected chi connectivity index (χ3v) is 13.9.